The third-order valence-electron chi connectivity index (χ3n) is 2.69. The van der Waals surface area contributed by atoms with E-state index >= 15 is 0 Å². The van der Waals surface area contributed by atoms with Crippen molar-refractivity contribution in [2.45, 2.75) is 46.2 Å². The number of nitrogens with one attached hydrogen (secondary N) is 1. The summed E-state index contributed by atoms with van der Waals surface area (Å²) in [5.74, 6) is 1.93. The molecule has 0 aliphatic heterocycles. The lowest BCUT2D eigenvalue weighted by Gasteiger charge is -2.14. The molecule has 0 fully saturated rings. The monoisotopic (exact) mass is 264 g/mol. The van der Waals surface area contributed by atoms with Crippen LogP contribution in [-0.4, -0.2) is 4.98 Å². The Morgan fingerprint density at radius 2 is 2.06 bits per heavy atom. The lowest BCUT2D eigenvalue weighted by molar-refractivity contribution is 0.461. The normalized spacial score (nSPS) is 12.0. The number of aryl methyl sites for hydroxylation is 1. The van der Waals surface area contributed by atoms with Gasteiger partial charge in [0, 0.05) is 17.3 Å². The minimum Gasteiger partial charge on any atom is -0.465 e. The van der Waals surface area contributed by atoms with E-state index in [1.807, 2.05) is 19.1 Å². The second-order valence-electron chi connectivity index (χ2n) is 5.49. The average molecular weight is 264 g/mol. The molecule has 0 aromatic carbocycles. The highest BCUT2D eigenvalue weighted by atomic mass is 32.1. The Morgan fingerprint density at radius 3 is 2.61 bits per heavy atom. The predicted octanol–water partition coefficient (Wildman–Crippen LogP) is 3.63. The SMILES string of the molecule is Cc1ccc(CNCc2nc(C(C)(C)C)cs2)o1. The van der Waals surface area contributed by atoms with Gasteiger partial charge in [-0.25, -0.2) is 4.98 Å². The van der Waals surface area contributed by atoms with Gasteiger partial charge in [0.1, 0.15) is 16.5 Å². The molecule has 18 heavy (non-hydrogen) atoms. The Hall–Kier alpha value is -1.13. The summed E-state index contributed by atoms with van der Waals surface area (Å²) in [6, 6.07) is 3.99. The van der Waals surface area contributed by atoms with Gasteiger partial charge in [0.2, 0.25) is 0 Å². The van der Waals surface area contributed by atoms with E-state index in [0.717, 1.165) is 35.3 Å². The van der Waals surface area contributed by atoms with Crippen molar-refractivity contribution >= 4 is 11.3 Å². The van der Waals surface area contributed by atoms with Crippen molar-refractivity contribution in [3.63, 3.8) is 0 Å². The van der Waals surface area contributed by atoms with E-state index < -0.39 is 0 Å². The van der Waals surface area contributed by atoms with Gasteiger partial charge in [-0.05, 0) is 19.1 Å². The van der Waals surface area contributed by atoms with Gasteiger partial charge in [0.15, 0.2) is 0 Å². The Balaban J connectivity index is 1.85. The van der Waals surface area contributed by atoms with E-state index in [4.69, 9.17) is 4.42 Å². The van der Waals surface area contributed by atoms with E-state index in [-0.39, 0.29) is 5.41 Å². The quantitative estimate of drug-likeness (QED) is 0.916. The molecule has 0 spiro atoms. The molecule has 2 heterocycles. The van der Waals surface area contributed by atoms with Gasteiger partial charge in [0.25, 0.3) is 0 Å². The molecule has 0 atom stereocenters. The zero-order valence-electron chi connectivity index (χ0n) is 11.4. The molecular formula is C14H20N2OS. The number of hydrogen-bond acceptors (Lipinski definition) is 4. The van der Waals surface area contributed by atoms with Crippen LogP contribution >= 0.6 is 11.3 Å². The molecule has 2 aromatic rings. The molecule has 0 unspecified atom stereocenters. The van der Waals surface area contributed by atoms with Crippen LogP contribution in [0.3, 0.4) is 0 Å². The average Bonchev–Trinajstić information content (AvgIpc) is 2.87. The summed E-state index contributed by atoms with van der Waals surface area (Å²) in [7, 11) is 0. The molecule has 0 saturated heterocycles. The summed E-state index contributed by atoms with van der Waals surface area (Å²) in [5, 5.41) is 6.63. The molecule has 0 aliphatic rings. The van der Waals surface area contributed by atoms with Crippen molar-refractivity contribution in [3.05, 3.63) is 39.7 Å². The van der Waals surface area contributed by atoms with Gasteiger partial charge in [-0.1, -0.05) is 20.8 Å². The topological polar surface area (TPSA) is 38.1 Å². The lowest BCUT2D eigenvalue weighted by Crippen LogP contribution is -2.14. The van der Waals surface area contributed by atoms with Crippen molar-refractivity contribution in [1.82, 2.24) is 10.3 Å². The van der Waals surface area contributed by atoms with Crippen LogP contribution in [0.25, 0.3) is 0 Å². The summed E-state index contributed by atoms with van der Waals surface area (Å²) in [6.45, 7) is 10.1. The largest absolute Gasteiger partial charge is 0.465 e. The van der Waals surface area contributed by atoms with Crippen LogP contribution in [0.4, 0.5) is 0 Å². The van der Waals surface area contributed by atoms with E-state index in [0.29, 0.717) is 0 Å². The first-order valence-corrected chi connectivity index (χ1v) is 7.04. The zero-order valence-corrected chi connectivity index (χ0v) is 12.2. The molecule has 0 radical (unpaired) electrons. The molecule has 0 amide bonds. The Kier molecular flexibility index (Phi) is 3.88. The second-order valence-corrected chi connectivity index (χ2v) is 6.44. The number of furan rings is 1. The molecule has 0 saturated carbocycles. The van der Waals surface area contributed by atoms with Crippen LogP contribution in [0.1, 0.15) is 43.0 Å². The van der Waals surface area contributed by atoms with Gasteiger partial charge in [-0.3, -0.25) is 0 Å². The second kappa shape index (κ2) is 5.24. The van der Waals surface area contributed by atoms with Crippen molar-refractivity contribution in [1.29, 1.82) is 0 Å². The Morgan fingerprint density at radius 1 is 1.28 bits per heavy atom. The maximum atomic E-state index is 5.50. The van der Waals surface area contributed by atoms with Crippen LogP contribution in [-0.2, 0) is 18.5 Å². The Bertz CT molecular complexity index is 508. The fraction of sp³-hybridized carbons (Fsp3) is 0.500. The molecule has 2 rings (SSSR count). The minimum atomic E-state index is 0.132. The van der Waals surface area contributed by atoms with Gasteiger partial charge < -0.3 is 9.73 Å². The molecule has 1 N–H and O–H groups in total. The highest BCUT2D eigenvalue weighted by molar-refractivity contribution is 7.09. The number of aromatic nitrogens is 1. The summed E-state index contributed by atoms with van der Waals surface area (Å²) in [6.07, 6.45) is 0. The molecule has 0 bridgehead atoms. The molecular weight excluding hydrogens is 244 g/mol. The molecule has 2 aromatic heterocycles. The highest BCUT2D eigenvalue weighted by Crippen LogP contribution is 2.23. The first kappa shape index (κ1) is 13.3. The fourth-order valence-corrected chi connectivity index (χ4v) is 2.60. The summed E-state index contributed by atoms with van der Waals surface area (Å²) in [4.78, 5) is 4.64. The third-order valence-corrected chi connectivity index (χ3v) is 3.54. The van der Waals surface area contributed by atoms with Crippen LogP contribution in [0.2, 0.25) is 0 Å². The van der Waals surface area contributed by atoms with Crippen LogP contribution in [0.15, 0.2) is 21.9 Å². The summed E-state index contributed by atoms with van der Waals surface area (Å²) >= 11 is 1.71. The van der Waals surface area contributed by atoms with Gasteiger partial charge in [-0.2, -0.15) is 0 Å². The standard InChI is InChI=1S/C14H20N2OS/c1-10-5-6-11(17-10)7-15-8-13-16-12(9-18-13)14(2,3)4/h5-6,9,15H,7-8H2,1-4H3. The van der Waals surface area contributed by atoms with Crippen LogP contribution in [0, 0.1) is 6.92 Å². The summed E-state index contributed by atoms with van der Waals surface area (Å²) < 4.78 is 5.50. The van der Waals surface area contributed by atoms with Crippen molar-refractivity contribution in [2.75, 3.05) is 0 Å². The van der Waals surface area contributed by atoms with E-state index in [9.17, 15) is 0 Å². The number of hydrogen-bond donors (Lipinski definition) is 1. The molecule has 3 nitrogen and oxygen atoms in total. The lowest BCUT2D eigenvalue weighted by atomic mass is 9.93. The first-order valence-electron chi connectivity index (χ1n) is 6.16. The summed E-state index contributed by atoms with van der Waals surface area (Å²) in [5.41, 5.74) is 1.30. The zero-order chi connectivity index (χ0) is 13.2. The fourth-order valence-electron chi connectivity index (χ4n) is 1.61. The molecule has 98 valence electrons. The van der Waals surface area contributed by atoms with E-state index in [1.165, 1.54) is 0 Å². The highest BCUT2D eigenvalue weighted by Gasteiger charge is 2.17. The van der Waals surface area contributed by atoms with E-state index in [1.54, 1.807) is 11.3 Å². The number of thiazole rings is 1. The molecule has 0 aliphatic carbocycles. The maximum Gasteiger partial charge on any atom is 0.117 e. The van der Waals surface area contributed by atoms with Crippen LogP contribution < -0.4 is 5.32 Å². The maximum absolute atomic E-state index is 5.50. The van der Waals surface area contributed by atoms with Crippen molar-refractivity contribution < 1.29 is 4.42 Å². The first-order chi connectivity index (χ1) is 8.45. The Labute approximate surface area is 112 Å². The van der Waals surface area contributed by atoms with Crippen LogP contribution in [0.5, 0.6) is 0 Å². The predicted molar refractivity (Wildman–Crippen MR) is 74.8 cm³/mol. The smallest absolute Gasteiger partial charge is 0.117 e. The minimum absolute atomic E-state index is 0.132. The van der Waals surface area contributed by atoms with Gasteiger partial charge >= 0.3 is 0 Å². The molecule has 4 heteroatoms. The number of rotatable bonds is 4. The van der Waals surface area contributed by atoms with E-state index in [2.05, 4.69) is 36.5 Å². The van der Waals surface area contributed by atoms with Gasteiger partial charge in [-0.15, -0.1) is 11.3 Å². The van der Waals surface area contributed by atoms with Gasteiger partial charge in [0.05, 0.1) is 12.2 Å². The van der Waals surface area contributed by atoms with Crippen molar-refractivity contribution in [3.8, 4) is 0 Å². The number of nitrogens with zero attached hydrogens (tertiary/aromatic N) is 1. The third kappa shape index (κ3) is 3.43. The van der Waals surface area contributed by atoms with Crippen molar-refractivity contribution in [2.24, 2.45) is 0 Å².